The standard InChI is InChI=1S/C30H48N4O5S/c1-10-26-27-12-11-25(19-31(7)8)33(27)13-14-34(26)29(35)20-39-16-15-32(18-21(2)3)40(36,37)30-22(4)17-28(38-9)23(5)24(30)6/h11-12,17,21,26H,10,13-16,18-20H2,1-9H3. The number of carbonyl (C=O) groups excluding carboxylic acids is 1. The molecule has 0 saturated carbocycles. The Hall–Kier alpha value is -2.40. The third-order valence-electron chi connectivity index (χ3n) is 7.65. The summed E-state index contributed by atoms with van der Waals surface area (Å²) in [6.07, 6.45) is 0.817. The van der Waals surface area contributed by atoms with Gasteiger partial charge in [0.15, 0.2) is 0 Å². The van der Waals surface area contributed by atoms with Crippen LogP contribution in [0.5, 0.6) is 5.75 Å². The van der Waals surface area contributed by atoms with Gasteiger partial charge in [0.25, 0.3) is 0 Å². The Bertz CT molecular complexity index is 1290. The molecule has 224 valence electrons. The van der Waals surface area contributed by atoms with Gasteiger partial charge in [-0.15, -0.1) is 0 Å². The summed E-state index contributed by atoms with van der Waals surface area (Å²) < 4.78 is 42.8. The molecule has 1 amide bonds. The molecule has 3 rings (SSSR count). The van der Waals surface area contributed by atoms with Crippen LogP contribution in [-0.2, 0) is 32.6 Å². The summed E-state index contributed by atoms with van der Waals surface area (Å²) in [6.45, 7) is 14.4. The topological polar surface area (TPSA) is 84.3 Å². The molecule has 1 aliphatic heterocycles. The predicted octanol–water partition coefficient (Wildman–Crippen LogP) is 4.14. The molecule has 0 aliphatic carbocycles. The summed E-state index contributed by atoms with van der Waals surface area (Å²) in [4.78, 5) is 17.6. The molecule has 10 heteroatoms. The molecular formula is C30H48N4O5S. The highest BCUT2D eigenvalue weighted by Gasteiger charge is 2.32. The normalized spacial score (nSPS) is 15.8. The number of nitrogens with zero attached hydrogens (tertiary/aromatic N) is 4. The number of sulfonamides is 1. The molecule has 0 fully saturated rings. The highest BCUT2D eigenvalue weighted by Crippen LogP contribution is 2.33. The van der Waals surface area contributed by atoms with E-state index < -0.39 is 10.0 Å². The van der Waals surface area contributed by atoms with Crippen LogP contribution in [0.4, 0.5) is 0 Å². The van der Waals surface area contributed by atoms with Gasteiger partial charge in [-0.1, -0.05) is 20.8 Å². The number of hydrogen-bond acceptors (Lipinski definition) is 6. The Morgan fingerprint density at radius 1 is 1.12 bits per heavy atom. The van der Waals surface area contributed by atoms with Gasteiger partial charge in [-0.3, -0.25) is 4.79 Å². The van der Waals surface area contributed by atoms with Crippen LogP contribution in [0.3, 0.4) is 0 Å². The first kappa shape index (κ1) is 32.1. The van der Waals surface area contributed by atoms with Crippen molar-refractivity contribution in [2.75, 3.05) is 54.1 Å². The molecule has 0 bridgehead atoms. The van der Waals surface area contributed by atoms with E-state index in [1.54, 1.807) is 20.1 Å². The van der Waals surface area contributed by atoms with Crippen molar-refractivity contribution in [3.05, 3.63) is 46.3 Å². The minimum absolute atomic E-state index is 0.00263. The summed E-state index contributed by atoms with van der Waals surface area (Å²) in [5.74, 6) is 0.739. The first-order valence-electron chi connectivity index (χ1n) is 14.2. The number of methoxy groups -OCH3 is 1. The first-order chi connectivity index (χ1) is 18.8. The fraction of sp³-hybridized carbons (Fsp3) is 0.633. The zero-order valence-corrected chi connectivity index (χ0v) is 26.6. The fourth-order valence-corrected chi connectivity index (χ4v) is 7.76. The molecule has 0 N–H and O–H groups in total. The van der Waals surface area contributed by atoms with E-state index in [0.717, 1.165) is 30.8 Å². The van der Waals surface area contributed by atoms with Crippen molar-refractivity contribution in [3.63, 3.8) is 0 Å². The van der Waals surface area contributed by atoms with Gasteiger partial charge in [-0.05, 0) is 82.1 Å². The van der Waals surface area contributed by atoms with E-state index in [2.05, 4.69) is 42.6 Å². The maximum absolute atomic E-state index is 13.9. The second-order valence-electron chi connectivity index (χ2n) is 11.4. The van der Waals surface area contributed by atoms with E-state index in [1.165, 1.54) is 10.00 Å². The quantitative estimate of drug-likeness (QED) is 0.333. The van der Waals surface area contributed by atoms with E-state index in [9.17, 15) is 13.2 Å². The molecule has 2 aromatic rings. The molecule has 0 radical (unpaired) electrons. The van der Waals surface area contributed by atoms with Crippen LogP contribution in [-0.4, -0.2) is 87.1 Å². The minimum atomic E-state index is -3.78. The van der Waals surface area contributed by atoms with E-state index in [0.29, 0.717) is 34.9 Å². The lowest BCUT2D eigenvalue weighted by atomic mass is 10.1. The molecule has 1 aliphatic rings. The minimum Gasteiger partial charge on any atom is -0.496 e. The number of benzene rings is 1. The molecule has 1 aromatic heterocycles. The van der Waals surface area contributed by atoms with Gasteiger partial charge in [0.05, 0.1) is 24.7 Å². The van der Waals surface area contributed by atoms with Crippen LogP contribution >= 0.6 is 0 Å². The van der Waals surface area contributed by atoms with Gasteiger partial charge in [-0.2, -0.15) is 4.31 Å². The molecule has 0 saturated heterocycles. The Kier molecular flexibility index (Phi) is 10.8. The number of ether oxygens (including phenoxy) is 2. The number of carbonyl (C=O) groups is 1. The second-order valence-corrected chi connectivity index (χ2v) is 13.3. The van der Waals surface area contributed by atoms with Crippen molar-refractivity contribution in [2.24, 2.45) is 5.92 Å². The lowest BCUT2D eigenvalue weighted by Gasteiger charge is -2.37. The van der Waals surface area contributed by atoms with Crippen LogP contribution < -0.4 is 4.74 Å². The van der Waals surface area contributed by atoms with E-state index in [4.69, 9.17) is 9.47 Å². The van der Waals surface area contributed by atoms with E-state index in [1.807, 2.05) is 32.6 Å². The summed E-state index contributed by atoms with van der Waals surface area (Å²) in [5.41, 5.74) is 4.57. The number of rotatable bonds is 13. The SMILES string of the molecule is CCC1c2ccc(CN(C)C)n2CCN1C(=O)COCCN(CC(C)C)S(=O)(=O)c1c(C)cc(OC)c(C)c1C. The second kappa shape index (κ2) is 13.5. The van der Waals surface area contributed by atoms with Crippen LogP contribution in [0.25, 0.3) is 0 Å². The van der Waals surface area contributed by atoms with Gasteiger partial charge < -0.3 is 23.8 Å². The highest BCUT2D eigenvalue weighted by molar-refractivity contribution is 7.89. The summed E-state index contributed by atoms with van der Waals surface area (Å²) in [6, 6.07) is 6.07. The van der Waals surface area contributed by atoms with Crippen molar-refractivity contribution in [1.82, 2.24) is 18.7 Å². The van der Waals surface area contributed by atoms with Crippen molar-refractivity contribution < 1.29 is 22.7 Å². The predicted molar refractivity (Wildman–Crippen MR) is 158 cm³/mol. The van der Waals surface area contributed by atoms with Crippen LogP contribution in [0.2, 0.25) is 0 Å². The largest absolute Gasteiger partial charge is 0.496 e. The summed E-state index contributed by atoms with van der Waals surface area (Å²) in [7, 11) is 1.92. The third kappa shape index (κ3) is 6.90. The van der Waals surface area contributed by atoms with Gasteiger partial charge in [-0.25, -0.2) is 8.42 Å². The van der Waals surface area contributed by atoms with Gasteiger partial charge in [0.2, 0.25) is 15.9 Å². The zero-order valence-electron chi connectivity index (χ0n) is 25.8. The average molecular weight is 577 g/mol. The number of amides is 1. The van der Waals surface area contributed by atoms with Crippen molar-refractivity contribution >= 4 is 15.9 Å². The fourth-order valence-electron chi connectivity index (χ4n) is 5.69. The Morgan fingerprint density at radius 3 is 2.42 bits per heavy atom. The van der Waals surface area contributed by atoms with E-state index >= 15 is 0 Å². The molecule has 1 atom stereocenters. The number of hydrogen-bond donors (Lipinski definition) is 0. The molecule has 1 aromatic carbocycles. The lowest BCUT2D eigenvalue weighted by Crippen LogP contribution is -2.44. The van der Waals surface area contributed by atoms with Gasteiger partial charge in [0.1, 0.15) is 12.4 Å². The molecule has 9 nitrogen and oxygen atoms in total. The van der Waals surface area contributed by atoms with Gasteiger partial charge in [0, 0.05) is 44.1 Å². The zero-order chi connectivity index (χ0) is 29.8. The van der Waals surface area contributed by atoms with Crippen molar-refractivity contribution in [3.8, 4) is 5.75 Å². The van der Waals surface area contributed by atoms with Gasteiger partial charge >= 0.3 is 0 Å². The molecule has 1 unspecified atom stereocenters. The Morgan fingerprint density at radius 2 is 1.82 bits per heavy atom. The average Bonchev–Trinajstić information content (AvgIpc) is 3.28. The summed E-state index contributed by atoms with van der Waals surface area (Å²) >= 11 is 0. The van der Waals surface area contributed by atoms with Crippen LogP contribution in [0.1, 0.15) is 61.3 Å². The number of fused-ring (bicyclic) bond motifs is 1. The third-order valence-corrected chi connectivity index (χ3v) is 9.80. The molecular weight excluding hydrogens is 528 g/mol. The van der Waals surface area contributed by atoms with E-state index in [-0.39, 0.29) is 37.6 Å². The number of aryl methyl sites for hydroxylation is 1. The Balaban J connectivity index is 1.68. The molecule has 40 heavy (non-hydrogen) atoms. The maximum atomic E-state index is 13.9. The first-order valence-corrected chi connectivity index (χ1v) is 15.6. The monoisotopic (exact) mass is 576 g/mol. The molecule has 2 heterocycles. The highest BCUT2D eigenvalue weighted by atomic mass is 32.2. The van der Waals surface area contributed by atoms with Crippen molar-refractivity contribution in [2.45, 2.75) is 72.0 Å². The van der Waals surface area contributed by atoms with Crippen LogP contribution in [0.15, 0.2) is 23.1 Å². The van der Waals surface area contributed by atoms with Crippen LogP contribution in [0, 0.1) is 26.7 Å². The maximum Gasteiger partial charge on any atom is 0.249 e. The Labute approximate surface area is 241 Å². The smallest absolute Gasteiger partial charge is 0.249 e. The molecule has 0 spiro atoms. The summed E-state index contributed by atoms with van der Waals surface area (Å²) in [5, 5.41) is 0. The van der Waals surface area contributed by atoms with Crippen molar-refractivity contribution in [1.29, 1.82) is 0 Å². The number of aromatic nitrogens is 1. The lowest BCUT2D eigenvalue weighted by molar-refractivity contribution is -0.140.